The smallest absolute Gasteiger partial charge is 0.339 e. The number of aryl methyl sites for hydroxylation is 1. The maximum atomic E-state index is 12.3. The molecule has 2 aromatic rings. The van der Waals surface area contributed by atoms with Crippen LogP contribution in [0.3, 0.4) is 0 Å². The molecule has 0 fully saturated rings. The van der Waals surface area contributed by atoms with Crippen molar-refractivity contribution in [1.29, 1.82) is 0 Å². The van der Waals surface area contributed by atoms with Gasteiger partial charge in [0.15, 0.2) is 0 Å². The molecule has 2 rings (SSSR count). The fourth-order valence-electron chi connectivity index (χ4n) is 1.98. The van der Waals surface area contributed by atoms with Crippen LogP contribution in [-0.4, -0.2) is 22.1 Å². The number of carbonyl (C=O) groups is 1. The summed E-state index contributed by atoms with van der Waals surface area (Å²) in [5, 5.41) is 0.190. The Kier molecular flexibility index (Phi) is 4.51. The summed E-state index contributed by atoms with van der Waals surface area (Å²) in [4.78, 5) is 38.8. The molecule has 0 aliphatic heterocycles. The average Bonchev–Trinajstić information content (AvgIpc) is 2.46. The third kappa shape index (κ3) is 2.82. The van der Waals surface area contributed by atoms with E-state index in [0.29, 0.717) is 11.3 Å². The molecular formula is C15H15ClN2O4. The van der Waals surface area contributed by atoms with Gasteiger partial charge >= 0.3 is 11.7 Å². The summed E-state index contributed by atoms with van der Waals surface area (Å²) in [5.41, 5.74) is 0.258. The molecule has 0 spiro atoms. The van der Waals surface area contributed by atoms with E-state index in [-0.39, 0.29) is 22.9 Å². The average molecular weight is 323 g/mol. The molecule has 1 aromatic carbocycles. The molecule has 0 atom stereocenters. The highest BCUT2D eigenvalue weighted by Crippen LogP contribution is 2.20. The van der Waals surface area contributed by atoms with Gasteiger partial charge in [-0.15, -0.1) is 0 Å². The summed E-state index contributed by atoms with van der Waals surface area (Å²) in [6, 6.07) is 4.31. The lowest BCUT2D eigenvalue weighted by molar-refractivity contribution is 0.0526. The number of ether oxygens (including phenoxy) is 1. The van der Waals surface area contributed by atoms with Gasteiger partial charge in [0.2, 0.25) is 0 Å². The Labute approximate surface area is 131 Å². The van der Waals surface area contributed by atoms with Gasteiger partial charge in [-0.05, 0) is 39.0 Å². The first-order valence-electron chi connectivity index (χ1n) is 6.66. The van der Waals surface area contributed by atoms with E-state index in [1.807, 2.05) is 0 Å². The number of hydrogen-bond acceptors (Lipinski definition) is 4. The number of esters is 1. The number of aromatic nitrogens is 2. The lowest BCUT2D eigenvalue weighted by atomic mass is 10.2. The number of halogens is 1. The molecule has 0 saturated carbocycles. The molecule has 6 nitrogen and oxygen atoms in total. The van der Waals surface area contributed by atoms with Gasteiger partial charge in [0.1, 0.15) is 0 Å². The highest BCUT2D eigenvalue weighted by Gasteiger charge is 2.15. The van der Waals surface area contributed by atoms with Crippen molar-refractivity contribution >= 4 is 17.6 Å². The largest absolute Gasteiger partial charge is 0.462 e. The summed E-state index contributed by atoms with van der Waals surface area (Å²) >= 11 is 5.98. The van der Waals surface area contributed by atoms with Crippen molar-refractivity contribution in [2.75, 3.05) is 6.61 Å². The second-order valence-electron chi connectivity index (χ2n) is 4.71. The van der Waals surface area contributed by atoms with Crippen LogP contribution in [0.1, 0.15) is 28.5 Å². The van der Waals surface area contributed by atoms with Crippen LogP contribution >= 0.6 is 11.6 Å². The van der Waals surface area contributed by atoms with Crippen molar-refractivity contribution in [3.8, 4) is 5.69 Å². The van der Waals surface area contributed by atoms with Crippen molar-refractivity contribution < 1.29 is 9.53 Å². The summed E-state index contributed by atoms with van der Waals surface area (Å²) in [5.74, 6) is -0.609. The first kappa shape index (κ1) is 16.0. The fraction of sp³-hybridized carbons (Fsp3) is 0.267. The lowest BCUT2D eigenvalue weighted by Gasteiger charge is -2.10. The third-order valence-corrected chi connectivity index (χ3v) is 3.62. The monoisotopic (exact) mass is 322 g/mol. The first-order chi connectivity index (χ1) is 10.4. The Bertz CT molecular complexity index is 852. The number of benzene rings is 1. The van der Waals surface area contributed by atoms with Crippen molar-refractivity contribution in [2.45, 2.75) is 20.8 Å². The molecule has 116 valence electrons. The molecule has 22 heavy (non-hydrogen) atoms. The molecule has 0 radical (unpaired) electrons. The van der Waals surface area contributed by atoms with Crippen LogP contribution in [0.4, 0.5) is 0 Å². The minimum absolute atomic E-state index is 0.102. The van der Waals surface area contributed by atoms with E-state index in [1.165, 1.54) is 18.2 Å². The van der Waals surface area contributed by atoms with Gasteiger partial charge < -0.3 is 9.72 Å². The SMILES string of the molecule is CCOC(=O)c1cc(-n2c(=O)[nH]c(C)c(C)c2=O)ccc1Cl. The quantitative estimate of drug-likeness (QED) is 0.876. The molecule has 0 amide bonds. The van der Waals surface area contributed by atoms with Gasteiger partial charge in [0.25, 0.3) is 5.56 Å². The van der Waals surface area contributed by atoms with E-state index in [0.717, 1.165) is 4.57 Å². The van der Waals surface area contributed by atoms with Gasteiger partial charge in [0.05, 0.1) is 22.9 Å². The van der Waals surface area contributed by atoms with E-state index < -0.39 is 17.2 Å². The number of nitrogens with one attached hydrogen (secondary N) is 1. The Morgan fingerprint density at radius 3 is 2.64 bits per heavy atom. The zero-order valence-electron chi connectivity index (χ0n) is 12.4. The molecule has 0 unspecified atom stereocenters. The summed E-state index contributed by atoms with van der Waals surface area (Å²) in [6.45, 7) is 5.14. The number of carbonyl (C=O) groups excluding carboxylic acids is 1. The zero-order chi connectivity index (χ0) is 16.4. The number of aromatic amines is 1. The van der Waals surface area contributed by atoms with Gasteiger partial charge in [-0.2, -0.15) is 0 Å². The molecule has 0 aliphatic carbocycles. The van der Waals surface area contributed by atoms with Crippen LogP contribution in [-0.2, 0) is 4.74 Å². The summed E-state index contributed by atoms with van der Waals surface area (Å²) < 4.78 is 5.87. The third-order valence-electron chi connectivity index (χ3n) is 3.29. The van der Waals surface area contributed by atoms with Crippen molar-refractivity contribution in [3.63, 3.8) is 0 Å². The molecule has 0 saturated heterocycles. The molecule has 1 N–H and O–H groups in total. The highest BCUT2D eigenvalue weighted by molar-refractivity contribution is 6.33. The molecule has 1 heterocycles. The number of H-pyrrole nitrogens is 1. The van der Waals surface area contributed by atoms with Gasteiger partial charge in [-0.3, -0.25) is 4.79 Å². The molecule has 7 heteroatoms. The highest BCUT2D eigenvalue weighted by atomic mass is 35.5. The Hall–Kier alpha value is -2.34. The second kappa shape index (κ2) is 6.19. The predicted molar refractivity (Wildman–Crippen MR) is 83.1 cm³/mol. The van der Waals surface area contributed by atoms with E-state index >= 15 is 0 Å². The minimum Gasteiger partial charge on any atom is -0.462 e. The van der Waals surface area contributed by atoms with Crippen molar-refractivity contribution in [3.05, 3.63) is 60.9 Å². The maximum Gasteiger partial charge on any atom is 0.339 e. The standard InChI is InChI=1S/C15H15ClN2O4/c1-4-22-14(20)11-7-10(5-6-12(11)16)18-13(19)8(2)9(3)17-15(18)21/h5-7H,4H2,1-3H3,(H,17,21). The fourth-order valence-corrected chi connectivity index (χ4v) is 2.18. The number of rotatable bonds is 3. The zero-order valence-corrected chi connectivity index (χ0v) is 13.2. The molecule has 0 aliphatic rings. The van der Waals surface area contributed by atoms with Crippen LogP contribution in [0.25, 0.3) is 5.69 Å². The maximum absolute atomic E-state index is 12.3. The minimum atomic E-state index is -0.609. The van der Waals surface area contributed by atoms with Gasteiger partial charge in [-0.1, -0.05) is 11.6 Å². The normalized spacial score (nSPS) is 10.5. The van der Waals surface area contributed by atoms with E-state index in [4.69, 9.17) is 16.3 Å². The van der Waals surface area contributed by atoms with E-state index in [1.54, 1.807) is 20.8 Å². The van der Waals surface area contributed by atoms with E-state index in [9.17, 15) is 14.4 Å². The lowest BCUT2D eigenvalue weighted by Crippen LogP contribution is -2.36. The molecular weight excluding hydrogens is 308 g/mol. The van der Waals surface area contributed by atoms with Crippen LogP contribution < -0.4 is 11.2 Å². The van der Waals surface area contributed by atoms with Gasteiger partial charge in [-0.25, -0.2) is 14.2 Å². The van der Waals surface area contributed by atoms with Crippen LogP contribution in [0.15, 0.2) is 27.8 Å². The summed E-state index contributed by atoms with van der Waals surface area (Å²) in [7, 11) is 0. The predicted octanol–water partition coefficient (Wildman–Crippen LogP) is 1.97. The van der Waals surface area contributed by atoms with Crippen molar-refractivity contribution in [2.24, 2.45) is 0 Å². The van der Waals surface area contributed by atoms with Crippen LogP contribution in [0.5, 0.6) is 0 Å². The molecule has 0 bridgehead atoms. The first-order valence-corrected chi connectivity index (χ1v) is 7.04. The summed E-state index contributed by atoms with van der Waals surface area (Å²) in [6.07, 6.45) is 0. The number of nitrogens with zero attached hydrogens (tertiary/aromatic N) is 1. The van der Waals surface area contributed by atoms with Crippen LogP contribution in [0, 0.1) is 13.8 Å². The Balaban J connectivity index is 2.68. The topological polar surface area (TPSA) is 81.2 Å². The molecule has 1 aromatic heterocycles. The number of hydrogen-bond donors (Lipinski definition) is 1. The Morgan fingerprint density at radius 1 is 1.32 bits per heavy atom. The second-order valence-corrected chi connectivity index (χ2v) is 5.11. The van der Waals surface area contributed by atoms with Gasteiger partial charge in [0, 0.05) is 11.3 Å². The Morgan fingerprint density at radius 2 is 2.00 bits per heavy atom. The van der Waals surface area contributed by atoms with Crippen LogP contribution in [0.2, 0.25) is 5.02 Å². The van der Waals surface area contributed by atoms with Crippen molar-refractivity contribution in [1.82, 2.24) is 9.55 Å². The van der Waals surface area contributed by atoms with E-state index in [2.05, 4.69) is 4.98 Å².